The maximum absolute atomic E-state index is 11.6. The molecule has 0 radical (unpaired) electrons. The smallest absolute Gasteiger partial charge is 0.219 e. The second kappa shape index (κ2) is 7.25. The van der Waals surface area contributed by atoms with Gasteiger partial charge < -0.3 is 14.0 Å². The normalized spacial score (nSPS) is 15.6. The Morgan fingerprint density at radius 3 is 2.52 bits per heavy atom. The summed E-state index contributed by atoms with van der Waals surface area (Å²) in [6, 6.07) is 0. The van der Waals surface area contributed by atoms with Crippen LogP contribution in [0.25, 0.3) is 0 Å². The largest absolute Gasteiger partial charge is 0.347 e. The second-order valence-electron chi connectivity index (χ2n) is 7.07. The van der Waals surface area contributed by atoms with Crippen LogP contribution in [0.1, 0.15) is 48.3 Å². The topological polar surface area (TPSA) is 60.1 Å². The first kappa shape index (κ1) is 17.5. The highest BCUT2D eigenvalue weighted by Gasteiger charge is 2.21. The molecule has 6 heteroatoms. The highest BCUT2D eigenvalue weighted by atomic mass is 16.2. The van der Waals surface area contributed by atoms with E-state index in [2.05, 4.69) is 14.1 Å². The Bertz CT molecular complexity index is 766. The Kier molecular flexibility index (Phi) is 5.06. The number of ketones is 1. The predicted octanol–water partition coefficient (Wildman–Crippen LogP) is 2.50. The molecule has 0 aromatic carbocycles. The van der Waals surface area contributed by atoms with Crippen molar-refractivity contribution in [3.63, 3.8) is 0 Å². The number of carbonyl (C=O) groups excluding carboxylic acids is 2. The molecule has 1 aliphatic rings. The van der Waals surface area contributed by atoms with Crippen molar-refractivity contribution in [2.24, 2.45) is 5.92 Å². The minimum absolute atomic E-state index is 0.0991. The number of hydrogen-bond acceptors (Lipinski definition) is 3. The Morgan fingerprint density at radius 2 is 1.92 bits per heavy atom. The van der Waals surface area contributed by atoms with Gasteiger partial charge in [-0.15, -0.1) is 0 Å². The van der Waals surface area contributed by atoms with Crippen LogP contribution in [0.5, 0.6) is 0 Å². The van der Waals surface area contributed by atoms with Crippen molar-refractivity contribution in [3.8, 4) is 0 Å². The van der Waals surface area contributed by atoms with Gasteiger partial charge in [0.05, 0.1) is 18.6 Å². The van der Waals surface area contributed by atoms with Crippen molar-refractivity contribution in [1.82, 2.24) is 19.0 Å². The lowest BCUT2D eigenvalue weighted by atomic mass is 9.96. The van der Waals surface area contributed by atoms with Gasteiger partial charge in [-0.1, -0.05) is 0 Å². The lowest BCUT2D eigenvalue weighted by Crippen LogP contribution is -2.38. The molecule has 0 aliphatic carbocycles. The van der Waals surface area contributed by atoms with Gasteiger partial charge in [0.25, 0.3) is 0 Å². The first-order valence-electron chi connectivity index (χ1n) is 8.86. The average Bonchev–Trinajstić information content (AvgIpc) is 3.15. The summed E-state index contributed by atoms with van der Waals surface area (Å²) in [6.45, 7) is 8.55. The van der Waals surface area contributed by atoms with Gasteiger partial charge in [-0.05, 0) is 38.2 Å². The summed E-state index contributed by atoms with van der Waals surface area (Å²) in [5, 5.41) is 0. The quantitative estimate of drug-likeness (QED) is 0.785. The highest BCUT2D eigenvalue weighted by Crippen LogP contribution is 2.20. The summed E-state index contributed by atoms with van der Waals surface area (Å²) in [6.07, 6.45) is 9.78. The molecule has 1 amide bonds. The van der Waals surface area contributed by atoms with Gasteiger partial charge in [0, 0.05) is 50.7 Å². The van der Waals surface area contributed by atoms with Crippen molar-refractivity contribution in [2.45, 2.75) is 46.7 Å². The van der Waals surface area contributed by atoms with Crippen molar-refractivity contribution in [1.29, 1.82) is 0 Å². The lowest BCUT2D eigenvalue weighted by Gasteiger charge is -2.31. The van der Waals surface area contributed by atoms with Crippen molar-refractivity contribution < 1.29 is 9.59 Å². The van der Waals surface area contributed by atoms with E-state index < -0.39 is 0 Å². The number of Topliss-reactive ketones (excluding diaryl/α,β-unsaturated/α-hetero) is 1. The summed E-state index contributed by atoms with van der Waals surface area (Å²) >= 11 is 0. The van der Waals surface area contributed by atoms with Crippen LogP contribution in [0.15, 0.2) is 24.9 Å². The number of piperidine rings is 1. The predicted molar refractivity (Wildman–Crippen MR) is 95.5 cm³/mol. The van der Waals surface area contributed by atoms with Crippen LogP contribution < -0.4 is 0 Å². The van der Waals surface area contributed by atoms with Crippen LogP contribution in [-0.2, 0) is 17.9 Å². The first-order chi connectivity index (χ1) is 11.9. The van der Waals surface area contributed by atoms with Crippen molar-refractivity contribution in [2.75, 3.05) is 13.1 Å². The summed E-state index contributed by atoms with van der Waals surface area (Å²) in [7, 11) is 0. The molecule has 2 aromatic heterocycles. The molecule has 1 saturated heterocycles. The lowest BCUT2D eigenvalue weighted by molar-refractivity contribution is -0.130. The number of imidazole rings is 1. The van der Waals surface area contributed by atoms with Gasteiger partial charge in [0.1, 0.15) is 0 Å². The molecule has 3 rings (SSSR count). The zero-order valence-corrected chi connectivity index (χ0v) is 15.2. The molecule has 25 heavy (non-hydrogen) atoms. The number of likely N-dealkylation sites (tertiary alicyclic amines) is 1. The number of amides is 1. The van der Waals surface area contributed by atoms with Crippen LogP contribution in [0.4, 0.5) is 0 Å². The SMILES string of the molecule is CC(=O)c1cn(Cc2cncn2CC2CCN(C(C)=O)CC2)cc1C. The van der Waals surface area contributed by atoms with E-state index >= 15 is 0 Å². The zero-order chi connectivity index (χ0) is 18.0. The van der Waals surface area contributed by atoms with Gasteiger partial charge >= 0.3 is 0 Å². The molecule has 0 bridgehead atoms. The third-order valence-electron chi connectivity index (χ3n) is 5.12. The third kappa shape index (κ3) is 4.00. The van der Waals surface area contributed by atoms with Gasteiger partial charge in [-0.3, -0.25) is 9.59 Å². The average molecular weight is 342 g/mol. The van der Waals surface area contributed by atoms with Crippen LogP contribution in [-0.4, -0.2) is 43.8 Å². The van der Waals surface area contributed by atoms with E-state index in [1.54, 1.807) is 13.8 Å². The van der Waals surface area contributed by atoms with Gasteiger partial charge in [0.15, 0.2) is 5.78 Å². The highest BCUT2D eigenvalue weighted by molar-refractivity contribution is 5.95. The number of aromatic nitrogens is 3. The molecule has 2 aromatic rings. The Hall–Kier alpha value is -2.37. The number of rotatable bonds is 5. The monoisotopic (exact) mass is 342 g/mol. The van der Waals surface area contributed by atoms with Crippen molar-refractivity contribution >= 4 is 11.7 Å². The Balaban J connectivity index is 1.64. The third-order valence-corrected chi connectivity index (χ3v) is 5.12. The van der Waals surface area contributed by atoms with Crippen molar-refractivity contribution in [3.05, 3.63) is 41.7 Å². The molecular weight excluding hydrogens is 316 g/mol. The molecule has 0 atom stereocenters. The van der Waals surface area contributed by atoms with E-state index in [4.69, 9.17) is 0 Å². The maximum Gasteiger partial charge on any atom is 0.219 e. The Labute approximate surface area is 148 Å². The summed E-state index contributed by atoms with van der Waals surface area (Å²) in [5.41, 5.74) is 2.93. The van der Waals surface area contributed by atoms with Gasteiger partial charge in [0.2, 0.25) is 5.91 Å². The van der Waals surface area contributed by atoms with E-state index in [-0.39, 0.29) is 11.7 Å². The molecule has 3 heterocycles. The fourth-order valence-electron chi connectivity index (χ4n) is 3.62. The van der Waals surface area contributed by atoms with Gasteiger partial charge in [-0.2, -0.15) is 0 Å². The molecule has 134 valence electrons. The zero-order valence-electron chi connectivity index (χ0n) is 15.2. The minimum atomic E-state index is 0.0991. The number of nitrogens with zero attached hydrogens (tertiary/aromatic N) is 4. The summed E-state index contributed by atoms with van der Waals surface area (Å²) < 4.78 is 4.26. The first-order valence-corrected chi connectivity index (χ1v) is 8.86. The minimum Gasteiger partial charge on any atom is -0.347 e. The molecular formula is C19H26N4O2. The molecule has 6 nitrogen and oxygen atoms in total. The van der Waals surface area contributed by atoms with Crippen LogP contribution in [0.3, 0.4) is 0 Å². The van der Waals surface area contributed by atoms with Crippen LogP contribution >= 0.6 is 0 Å². The summed E-state index contributed by atoms with van der Waals surface area (Å²) in [4.78, 5) is 29.3. The van der Waals surface area contributed by atoms with Gasteiger partial charge in [-0.25, -0.2) is 4.98 Å². The molecule has 1 aliphatic heterocycles. The van der Waals surface area contributed by atoms with E-state index in [1.807, 2.05) is 36.7 Å². The maximum atomic E-state index is 11.6. The van der Waals surface area contributed by atoms with E-state index in [0.29, 0.717) is 12.5 Å². The standard InChI is InChI=1S/C19H26N4O2/c1-14-9-21(12-19(14)15(2)24)11-18-8-20-13-23(18)10-17-4-6-22(7-5-17)16(3)25/h8-9,12-13,17H,4-7,10-11H2,1-3H3. The van der Waals surface area contributed by atoms with E-state index in [9.17, 15) is 9.59 Å². The molecule has 0 spiro atoms. The van der Waals surface area contributed by atoms with E-state index in [0.717, 1.165) is 49.3 Å². The molecule has 0 N–H and O–H groups in total. The Morgan fingerprint density at radius 1 is 1.20 bits per heavy atom. The molecule has 0 unspecified atom stereocenters. The molecule has 0 saturated carbocycles. The van der Waals surface area contributed by atoms with Crippen LogP contribution in [0.2, 0.25) is 0 Å². The summed E-state index contributed by atoms with van der Waals surface area (Å²) in [5.74, 6) is 0.843. The fourth-order valence-corrected chi connectivity index (χ4v) is 3.62. The number of aryl methyl sites for hydroxylation is 1. The fraction of sp³-hybridized carbons (Fsp3) is 0.526. The van der Waals surface area contributed by atoms with Crippen LogP contribution in [0, 0.1) is 12.8 Å². The number of carbonyl (C=O) groups is 2. The van der Waals surface area contributed by atoms with E-state index in [1.165, 1.54) is 0 Å². The number of hydrogen-bond donors (Lipinski definition) is 0. The molecule has 1 fully saturated rings. The second-order valence-corrected chi connectivity index (χ2v) is 7.07.